The van der Waals surface area contributed by atoms with E-state index >= 15 is 0 Å². The molecule has 0 aliphatic carbocycles. The van der Waals surface area contributed by atoms with Crippen LogP contribution in [0.25, 0.3) is 75.8 Å². The first-order valence-electron chi connectivity index (χ1n) is 38.8. The Morgan fingerprint density at radius 1 is 0.267 bits per heavy atom. The van der Waals surface area contributed by atoms with E-state index in [4.69, 9.17) is 116 Å². The summed E-state index contributed by atoms with van der Waals surface area (Å²) in [6.45, 7) is 5.61. The van der Waals surface area contributed by atoms with Crippen LogP contribution in [0.5, 0.6) is 0 Å². The van der Waals surface area contributed by atoms with Crippen LogP contribution in [0.15, 0.2) is 248 Å². The van der Waals surface area contributed by atoms with Crippen molar-refractivity contribution in [2.45, 2.75) is 20.8 Å². The number of benzene rings is 10. The lowest BCUT2D eigenvalue weighted by molar-refractivity contribution is 0.0688. The van der Waals surface area contributed by atoms with E-state index in [0.29, 0.717) is 128 Å². The number of aryl methyl sites for hydroxylation is 3. The third-order valence-electron chi connectivity index (χ3n) is 19.7. The SMILES string of the molecule is Cc1ccc(C(=O)Nc2scc(-c3ccc(Cl)cc3Cl)c2C(=O)O)c(Cl)c1.Cc1ccc(C(=O)Nc2scc(-c3ccc(Cl)cc3Cl)c2C(=O)O)cc1.Cc1ccc(C(=O)Nc2scc(-c3ccc(Cl)cc3Cl)c2C(=O)O)cc1Cl.O=C(Nc1scc(-c2ccc(Br)cc2)c1C(=O)O)c1ccc2sccc2c1.O=C(Nc1scc(-c2ccc(Cl)cc2Cl)c1C(=O)O)c1ccc2sccc2c1. The number of hydrogen-bond donors (Lipinski definition) is 10. The molecule has 5 amide bonds. The van der Waals surface area contributed by atoms with E-state index in [0.717, 1.165) is 92.2 Å². The van der Waals surface area contributed by atoms with Gasteiger partial charge in [-0.25, -0.2) is 24.0 Å². The Morgan fingerprint density at radius 3 is 0.904 bits per heavy atom. The molecule has 0 atom stereocenters. The standard InChI is InChI=1S/C20H12BrNO3S2.C20H11Cl2NO3S2.2C19H12Cl3NO3S.C19H13Cl2NO3S/c21-14-4-1-11(2-5-14)15-10-27-19(17(15)20(24)25)22-18(23)13-3-6-16-12(9-13)7-8-26-16;21-12-2-3-13(15(22)8-12)14-9-28-19(17(14)20(25)26)23-18(24)11-1-4-16-10(7-11)5-6-27-16;1-9-2-4-12(14(21)6-9)17(24)23-18-16(19(25)26)13(8-27-18)11-5-3-10(20)7-15(11)22;1-9-2-3-10(6-14(9)21)17(24)23-18-16(19(25)26)13(8-27-18)12-5-4-11(20)7-15(12)22;1-10-2-4-11(5-3-10)17(23)22-18-16(19(24)25)14(9-26-18)13-7-6-12(20)8-15(13)21/h1-10H,(H,22,23)(H,24,25);1-9H,(H,23,24)(H,25,26);2*2-8H,1H3,(H,23,24)(H,25,26);2-9H,1H3,(H,22,23)(H,24,25). The van der Waals surface area contributed by atoms with Crippen LogP contribution in [-0.4, -0.2) is 84.9 Å². The predicted molar refractivity (Wildman–Crippen MR) is 558 cm³/mol. The number of carbonyl (C=O) groups is 10. The molecule has 0 spiro atoms. The number of amides is 5. The van der Waals surface area contributed by atoms with Crippen molar-refractivity contribution in [2.24, 2.45) is 0 Å². The number of rotatable bonds is 20. The van der Waals surface area contributed by atoms with Gasteiger partial charge in [-0.15, -0.1) is 79.4 Å². The molecule has 20 nitrogen and oxygen atoms in total. The fourth-order valence-electron chi connectivity index (χ4n) is 13.1. The highest BCUT2D eigenvalue weighted by molar-refractivity contribution is 9.10. The average Bonchev–Trinajstić information content (AvgIpc) is 1.66. The Bertz CT molecular complexity index is 7560. The molecule has 38 heteroatoms. The maximum Gasteiger partial charge on any atom is 0.339 e. The van der Waals surface area contributed by atoms with Crippen molar-refractivity contribution < 1.29 is 73.5 Å². The lowest BCUT2D eigenvalue weighted by Crippen LogP contribution is -2.14. The number of thiophene rings is 7. The molecule has 0 aliphatic rings. The number of carboxylic acids is 5. The van der Waals surface area contributed by atoms with Gasteiger partial charge in [0.2, 0.25) is 0 Å². The maximum absolute atomic E-state index is 12.7. The molecule has 0 unspecified atom stereocenters. The molecule has 0 saturated carbocycles. The third kappa shape index (κ3) is 24.6. The minimum atomic E-state index is -1.18. The third-order valence-corrected chi connectivity index (χ3v) is 29.5. The molecule has 682 valence electrons. The number of halogens is 11. The molecule has 0 radical (unpaired) electrons. The van der Waals surface area contributed by atoms with Crippen molar-refractivity contribution in [1.29, 1.82) is 0 Å². The zero-order chi connectivity index (χ0) is 97.1. The molecule has 0 bridgehead atoms. The van der Waals surface area contributed by atoms with Crippen LogP contribution in [0.2, 0.25) is 50.2 Å². The first-order chi connectivity index (χ1) is 64.4. The molecule has 17 aromatic rings. The minimum absolute atomic E-state index is 0.000292. The summed E-state index contributed by atoms with van der Waals surface area (Å²) >= 11 is 73.0. The Hall–Kier alpha value is -11.3. The molecule has 10 aromatic carbocycles. The molecule has 0 saturated heterocycles. The Balaban J connectivity index is 0.000000143. The smallest absolute Gasteiger partial charge is 0.339 e. The van der Waals surface area contributed by atoms with Crippen LogP contribution in [-0.2, 0) is 0 Å². The van der Waals surface area contributed by atoms with Crippen molar-refractivity contribution in [3.63, 3.8) is 0 Å². The lowest BCUT2D eigenvalue weighted by atomic mass is 10.0. The summed E-state index contributed by atoms with van der Waals surface area (Å²) in [4.78, 5) is 122. The van der Waals surface area contributed by atoms with E-state index in [2.05, 4.69) is 42.5 Å². The number of nitrogens with one attached hydrogen (secondary N) is 5. The van der Waals surface area contributed by atoms with Crippen molar-refractivity contribution >= 4 is 316 Å². The predicted octanol–water partition coefficient (Wildman–Crippen LogP) is 32.5. The Kier molecular flexibility index (Phi) is 33.8. The first kappa shape index (κ1) is 101. The number of fused-ring (bicyclic) bond motifs is 2. The maximum atomic E-state index is 12.7. The fourth-order valence-corrected chi connectivity index (χ4v) is 22.2. The molecule has 0 aliphatic heterocycles. The van der Waals surface area contributed by atoms with Gasteiger partial charge in [-0.1, -0.05) is 198 Å². The Morgan fingerprint density at radius 2 is 0.570 bits per heavy atom. The number of carboxylic acid groups (broad SMARTS) is 5. The van der Waals surface area contributed by atoms with Crippen LogP contribution in [0.4, 0.5) is 25.0 Å². The zero-order valence-electron chi connectivity index (χ0n) is 69.0. The van der Waals surface area contributed by atoms with Gasteiger partial charge in [0.25, 0.3) is 29.5 Å². The van der Waals surface area contributed by atoms with Gasteiger partial charge < -0.3 is 52.1 Å². The van der Waals surface area contributed by atoms with Crippen molar-refractivity contribution in [3.05, 3.63) is 371 Å². The molecule has 0 fully saturated rings. The van der Waals surface area contributed by atoms with E-state index in [1.165, 1.54) is 29.5 Å². The molecule has 7 heterocycles. The monoisotopic (exact) mass is 2190 g/mol. The number of anilines is 5. The zero-order valence-corrected chi connectivity index (χ0v) is 83.9. The van der Waals surface area contributed by atoms with Gasteiger partial charge in [0.05, 0.1) is 10.6 Å². The van der Waals surface area contributed by atoms with Gasteiger partial charge in [0.1, 0.15) is 52.8 Å². The highest BCUT2D eigenvalue weighted by Gasteiger charge is 2.30. The summed E-state index contributed by atoms with van der Waals surface area (Å²) in [5.41, 5.74) is 9.99. The topological polar surface area (TPSA) is 332 Å². The molecular weight excluding hydrogens is 2130 g/mol. The van der Waals surface area contributed by atoms with Crippen molar-refractivity contribution in [3.8, 4) is 55.6 Å². The van der Waals surface area contributed by atoms with Gasteiger partial charge in [-0.3, -0.25) is 24.0 Å². The Labute approximate surface area is 854 Å². The van der Waals surface area contributed by atoms with E-state index < -0.39 is 41.7 Å². The summed E-state index contributed by atoms with van der Waals surface area (Å²) in [5.74, 6) is -7.72. The second-order valence-electron chi connectivity index (χ2n) is 28.7. The molecule has 7 aromatic heterocycles. The fraction of sp³-hybridized carbons (Fsp3) is 0.0309. The average molecular weight is 2190 g/mol. The molecular formula is C97H60BrCl10N5O15S7. The van der Waals surface area contributed by atoms with Gasteiger partial charge >= 0.3 is 29.8 Å². The highest BCUT2D eigenvalue weighted by Crippen LogP contribution is 2.46. The highest BCUT2D eigenvalue weighted by atomic mass is 79.9. The van der Waals surface area contributed by atoms with Gasteiger partial charge in [0.15, 0.2) is 0 Å². The van der Waals surface area contributed by atoms with Crippen molar-refractivity contribution in [1.82, 2.24) is 0 Å². The summed E-state index contributed by atoms with van der Waals surface area (Å²) in [6.07, 6.45) is 0. The second-order valence-corrected chi connectivity index (χ2v) is 40.1. The van der Waals surface area contributed by atoms with Crippen LogP contribution >= 0.6 is 211 Å². The van der Waals surface area contributed by atoms with E-state index in [-0.39, 0.29) is 71.1 Å². The summed E-state index contributed by atoms with van der Waals surface area (Å²) in [7, 11) is 0. The van der Waals surface area contributed by atoms with Crippen LogP contribution in [0, 0.1) is 20.8 Å². The largest absolute Gasteiger partial charge is 0.478 e. The van der Waals surface area contributed by atoms with E-state index in [1.54, 1.807) is 171 Å². The van der Waals surface area contributed by atoms with Crippen molar-refractivity contribution in [2.75, 3.05) is 26.6 Å². The van der Waals surface area contributed by atoms with Gasteiger partial charge in [0, 0.05) is 158 Å². The quantitative estimate of drug-likeness (QED) is 0.0339. The first-order valence-corrected chi connectivity index (χ1v) is 49.5. The summed E-state index contributed by atoms with van der Waals surface area (Å²) in [6, 6.07) is 58.3. The van der Waals surface area contributed by atoms with Gasteiger partial charge in [-0.2, -0.15) is 0 Å². The molecule has 17 rings (SSSR count). The molecule has 10 N–H and O–H groups in total. The van der Waals surface area contributed by atoms with E-state index in [9.17, 15) is 73.5 Å². The van der Waals surface area contributed by atoms with Crippen LogP contribution in [0.3, 0.4) is 0 Å². The van der Waals surface area contributed by atoms with Crippen LogP contribution in [0.1, 0.15) is 120 Å². The number of aromatic carboxylic acids is 5. The number of hydrogen-bond acceptors (Lipinski definition) is 17. The normalized spacial score (nSPS) is 10.7. The number of carbonyl (C=O) groups excluding carboxylic acids is 5. The summed E-state index contributed by atoms with van der Waals surface area (Å²) in [5, 5.41) is 81.2. The summed E-state index contributed by atoms with van der Waals surface area (Å²) < 4.78 is 3.10. The lowest BCUT2D eigenvalue weighted by Gasteiger charge is -2.08. The second kappa shape index (κ2) is 45.1. The minimum Gasteiger partial charge on any atom is -0.478 e. The van der Waals surface area contributed by atoms with E-state index in [1.807, 2.05) is 98.3 Å². The molecule has 135 heavy (non-hydrogen) atoms. The van der Waals surface area contributed by atoms with Gasteiger partial charge in [-0.05, 0) is 205 Å². The van der Waals surface area contributed by atoms with Crippen LogP contribution < -0.4 is 26.6 Å².